The highest BCUT2D eigenvalue weighted by Gasteiger charge is 2.08. The van der Waals surface area contributed by atoms with Crippen LogP contribution in [0.1, 0.15) is 0 Å². The lowest BCUT2D eigenvalue weighted by molar-refractivity contribution is -0.138. The van der Waals surface area contributed by atoms with E-state index in [1.54, 1.807) is 30.8 Å². The molecule has 0 unspecified atom stereocenters. The second kappa shape index (κ2) is 9.20. The van der Waals surface area contributed by atoms with Gasteiger partial charge < -0.3 is 14.6 Å². The second-order valence-electron chi connectivity index (χ2n) is 5.20. The maximum atomic E-state index is 10.7. The third-order valence-corrected chi connectivity index (χ3v) is 4.34. The smallest absolute Gasteiger partial charge is 0.317 e. The fraction of sp³-hybridized carbons (Fsp3) is 0.278. The average molecular weight is 347 g/mol. The number of likely N-dealkylation sites (N-methyl/N-ethyl adjacent to an activating group) is 1. The fourth-order valence-electron chi connectivity index (χ4n) is 2.05. The third kappa shape index (κ3) is 5.79. The van der Waals surface area contributed by atoms with E-state index < -0.39 is 5.97 Å². The van der Waals surface area contributed by atoms with Gasteiger partial charge in [0.15, 0.2) is 0 Å². The summed E-state index contributed by atoms with van der Waals surface area (Å²) in [7, 11) is 3.40. The van der Waals surface area contributed by atoms with Gasteiger partial charge in [-0.1, -0.05) is 23.9 Å². The van der Waals surface area contributed by atoms with Gasteiger partial charge >= 0.3 is 5.97 Å². The zero-order valence-electron chi connectivity index (χ0n) is 13.8. The summed E-state index contributed by atoms with van der Waals surface area (Å²) in [6, 6.07) is 15.7. The van der Waals surface area contributed by atoms with Gasteiger partial charge in [-0.05, 0) is 43.4 Å². The summed E-state index contributed by atoms with van der Waals surface area (Å²) >= 11 is 1.61. The molecule has 0 amide bonds. The molecule has 0 saturated carbocycles. The maximum absolute atomic E-state index is 10.7. The molecule has 1 N–H and O–H groups in total. The van der Waals surface area contributed by atoms with Crippen molar-refractivity contribution in [2.24, 2.45) is 0 Å². The number of carbonyl (C=O) groups is 1. The van der Waals surface area contributed by atoms with Gasteiger partial charge in [0.1, 0.15) is 18.1 Å². The van der Waals surface area contributed by atoms with Crippen LogP contribution < -0.4 is 9.47 Å². The van der Waals surface area contributed by atoms with Crippen molar-refractivity contribution < 1.29 is 19.4 Å². The minimum absolute atomic E-state index is 0.00556. The summed E-state index contributed by atoms with van der Waals surface area (Å²) in [4.78, 5) is 14.5. The third-order valence-electron chi connectivity index (χ3n) is 3.27. The van der Waals surface area contributed by atoms with Crippen molar-refractivity contribution in [1.29, 1.82) is 0 Å². The van der Waals surface area contributed by atoms with Crippen molar-refractivity contribution >= 4 is 17.7 Å². The quantitative estimate of drug-likeness (QED) is 0.751. The summed E-state index contributed by atoms with van der Waals surface area (Å²) in [5.41, 5.74) is 0. The highest BCUT2D eigenvalue weighted by atomic mass is 32.2. The Labute approximate surface area is 146 Å². The van der Waals surface area contributed by atoms with E-state index in [1.165, 1.54) is 0 Å². The lowest BCUT2D eigenvalue weighted by atomic mass is 10.3. The van der Waals surface area contributed by atoms with E-state index in [0.29, 0.717) is 13.2 Å². The SMILES string of the molecule is COc1ccc(Sc2ccccc2OCCN(C)CC(=O)O)cc1. The number of ether oxygens (including phenoxy) is 2. The van der Waals surface area contributed by atoms with Crippen LogP contribution in [0.2, 0.25) is 0 Å². The Hall–Kier alpha value is -2.18. The summed E-state index contributed by atoms with van der Waals surface area (Å²) in [5.74, 6) is 0.778. The molecule has 6 heteroatoms. The standard InChI is InChI=1S/C18H21NO4S/c1-19(13-18(20)21)11-12-23-16-5-3-4-6-17(16)24-15-9-7-14(22-2)8-10-15/h3-10H,11-13H2,1-2H3,(H,20,21). The summed E-state index contributed by atoms with van der Waals surface area (Å²) in [5, 5.41) is 8.75. The minimum atomic E-state index is -0.840. The van der Waals surface area contributed by atoms with Gasteiger partial charge in [-0.3, -0.25) is 9.69 Å². The molecule has 24 heavy (non-hydrogen) atoms. The molecule has 0 atom stereocenters. The van der Waals surface area contributed by atoms with Crippen molar-refractivity contribution in [2.45, 2.75) is 9.79 Å². The predicted molar refractivity (Wildman–Crippen MR) is 94.2 cm³/mol. The van der Waals surface area contributed by atoms with Gasteiger partial charge in [0.05, 0.1) is 18.6 Å². The van der Waals surface area contributed by atoms with E-state index in [9.17, 15) is 4.79 Å². The first-order chi connectivity index (χ1) is 11.6. The van der Waals surface area contributed by atoms with E-state index in [1.807, 2.05) is 48.5 Å². The first-order valence-corrected chi connectivity index (χ1v) is 8.34. The molecule has 2 aromatic rings. The van der Waals surface area contributed by atoms with Crippen molar-refractivity contribution in [3.8, 4) is 11.5 Å². The summed E-state index contributed by atoms with van der Waals surface area (Å²) in [6.07, 6.45) is 0. The van der Waals surface area contributed by atoms with Crippen molar-refractivity contribution in [2.75, 3.05) is 33.9 Å². The molecule has 0 aliphatic carbocycles. The first-order valence-electron chi connectivity index (χ1n) is 7.52. The zero-order valence-corrected chi connectivity index (χ0v) is 14.6. The van der Waals surface area contributed by atoms with Gasteiger partial charge in [0, 0.05) is 11.4 Å². The molecule has 0 heterocycles. The molecule has 0 aliphatic heterocycles. The van der Waals surface area contributed by atoms with Crippen LogP contribution in [0.5, 0.6) is 11.5 Å². The van der Waals surface area contributed by atoms with Gasteiger partial charge in [0.25, 0.3) is 0 Å². The van der Waals surface area contributed by atoms with Crippen LogP contribution >= 0.6 is 11.8 Å². The molecule has 2 aromatic carbocycles. The van der Waals surface area contributed by atoms with Crippen LogP contribution in [0, 0.1) is 0 Å². The molecule has 0 saturated heterocycles. The number of aliphatic carboxylic acids is 1. The van der Waals surface area contributed by atoms with E-state index in [4.69, 9.17) is 14.6 Å². The first kappa shape index (κ1) is 18.2. The largest absolute Gasteiger partial charge is 0.497 e. The van der Waals surface area contributed by atoms with Crippen LogP contribution in [-0.2, 0) is 4.79 Å². The molecule has 0 radical (unpaired) electrons. The molecular formula is C18H21NO4S. The van der Waals surface area contributed by atoms with Crippen molar-refractivity contribution in [3.63, 3.8) is 0 Å². The van der Waals surface area contributed by atoms with Gasteiger partial charge in [-0.15, -0.1) is 0 Å². The molecule has 128 valence electrons. The minimum Gasteiger partial charge on any atom is -0.497 e. The molecule has 2 rings (SSSR count). The highest BCUT2D eigenvalue weighted by Crippen LogP contribution is 2.35. The summed E-state index contributed by atoms with van der Waals surface area (Å²) < 4.78 is 11.0. The Balaban J connectivity index is 1.95. The van der Waals surface area contributed by atoms with Crippen LogP contribution in [-0.4, -0.2) is 49.8 Å². The normalized spacial score (nSPS) is 10.6. The van der Waals surface area contributed by atoms with Gasteiger partial charge in [-0.25, -0.2) is 0 Å². The Kier molecular flexibility index (Phi) is 6.96. The van der Waals surface area contributed by atoms with Gasteiger partial charge in [0.2, 0.25) is 0 Å². The lowest BCUT2D eigenvalue weighted by Gasteiger charge is -2.16. The Morgan fingerprint density at radius 1 is 1.17 bits per heavy atom. The average Bonchev–Trinajstić information content (AvgIpc) is 2.56. The number of para-hydroxylation sites is 1. The van der Waals surface area contributed by atoms with E-state index in [-0.39, 0.29) is 6.54 Å². The Morgan fingerprint density at radius 2 is 1.88 bits per heavy atom. The zero-order chi connectivity index (χ0) is 17.4. The Morgan fingerprint density at radius 3 is 2.54 bits per heavy atom. The number of hydrogen-bond donors (Lipinski definition) is 1. The van der Waals surface area contributed by atoms with Crippen molar-refractivity contribution in [1.82, 2.24) is 4.90 Å². The highest BCUT2D eigenvalue weighted by molar-refractivity contribution is 7.99. The number of nitrogens with zero attached hydrogens (tertiary/aromatic N) is 1. The van der Waals surface area contributed by atoms with Crippen LogP contribution in [0.15, 0.2) is 58.3 Å². The number of hydrogen-bond acceptors (Lipinski definition) is 5. The van der Waals surface area contributed by atoms with E-state index in [0.717, 1.165) is 21.3 Å². The Bertz CT molecular complexity index is 660. The van der Waals surface area contributed by atoms with E-state index in [2.05, 4.69) is 0 Å². The monoisotopic (exact) mass is 347 g/mol. The molecule has 0 aliphatic rings. The maximum Gasteiger partial charge on any atom is 0.317 e. The number of benzene rings is 2. The van der Waals surface area contributed by atoms with Crippen LogP contribution in [0.25, 0.3) is 0 Å². The molecular weight excluding hydrogens is 326 g/mol. The molecule has 0 fully saturated rings. The summed E-state index contributed by atoms with van der Waals surface area (Å²) in [6.45, 7) is 0.989. The van der Waals surface area contributed by atoms with E-state index >= 15 is 0 Å². The molecule has 0 spiro atoms. The number of carboxylic acid groups (broad SMARTS) is 1. The number of rotatable bonds is 9. The van der Waals surface area contributed by atoms with Gasteiger partial charge in [-0.2, -0.15) is 0 Å². The number of methoxy groups -OCH3 is 1. The van der Waals surface area contributed by atoms with Crippen molar-refractivity contribution in [3.05, 3.63) is 48.5 Å². The van der Waals surface area contributed by atoms with Crippen LogP contribution in [0.3, 0.4) is 0 Å². The molecule has 5 nitrogen and oxygen atoms in total. The topological polar surface area (TPSA) is 59.0 Å². The predicted octanol–water partition coefficient (Wildman–Crippen LogP) is 3.24. The molecule has 0 aromatic heterocycles. The second-order valence-corrected chi connectivity index (χ2v) is 6.32. The molecule has 0 bridgehead atoms. The fourth-order valence-corrected chi connectivity index (χ4v) is 2.95. The lowest BCUT2D eigenvalue weighted by Crippen LogP contribution is -2.29. The van der Waals surface area contributed by atoms with Crippen LogP contribution in [0.4, 0.5) is 0 Å². The number of carboxylic acids is 1.